The summed E-state index contributed by atoms with van der Waals surface area (Å²) in [7, 11) is 1.95. The van der Waals surface area contributed by atoms with Gasteiger partial charge in [-0.25, -0.2) is 4.79 Å². The predicted octanol–water partition coefficient (Wildman–Crippen LogP) is 4.18. The molecule has 0 saturated carbocycles. The average molecular weight is 445 g/mol. The van der Waals surface area contributed by atoms with E-state index in [0.29, 0.717) is 12.5 Å². The van der Waals surface area contributed by atoms with Crippen molar-refractivity contribution in [3.63, 3.8) is 0 Å². The van der Waals surface area contributed by atoms with Crippen molar-refractivity contribution in [2.45, 2.75) is 63.7 Å². The minimum atomic E-state index is -0.105. The number of nitrogens with zero attached hydrogens (tertiary/aromatic N) is 1. The number of nitrogens with one attached hydrogen (secondary N) is 2. The molecule has 0 bridgehead atoms. The van der Waals surface area contributed by atoms with Crippen LogP contribution < -0.4 is 10.6 Å². The molecule has 1 radical (unpaired) electrons. The van der Waals surface area contributed by atoms with Crippen LogP contribution in [0.1, 0.15) is 57.1 Å². The molecule has 6 nitrogen and oxygen atoms in total. The van der Waals surface area contributed by atoms with Crippen LogP contribution in [0.15, 0.2) is 30.3 Å². The maximum atomic E-state index is 13.2. The van der Waals surface area contributed by atoms with Crippen LogP contribution in [0.3, 0.4) is 0 Å². The van der Waals surface area contributed by atoms with Gasteiger partial charge >= 0.3 is 6.03 Å². The van der Waals surface area contributed by atoms with E-state index in [2.05, 4.69) is 29.7 Å². The lowest BCUT2D eigenvalue weighted by atomic mass is 9.88. The van der Waals surface area contributed by atoms with Crippen molar-refractivity contribution in [2.24, 2.45) is 11.8 Å². The minimum Gasteiger partial charge on any atom is -0.381 e. The molecule has 2 unspecified atom stereocenters. The highest BCUT2D eigenvalue weighted by molar-refractivity contribution is 5.74. The van der Waals surface area contributed by atoms with Crippen LogP contribution in [0.25, 0.3) is 0 Å². The zero-order chi connectivity index (χ0) is 22.8. The maximum absolute atomic E-state index is 13.2. The quantitative estimate of drug-likeness (QED) is 0.600. The monoisotopic (exact) mass is 444 g/mol. The number of amides is 2. The molecule has 0 spiro atoms. The first-order chi connectivity index (χ1) is 15.6. The van der Waals surface area contributed by atoms with E-state index in [0.717, 1.165) is 57.6 Å². The SMILES string of the molecule is [CH2]C(C)OC(c1ccccc1)[C@@H]1CCCN(C(=O)N[C@H](CNC)C[C@H]2CCCCOC2)C1. The van der Waals surface area contributed by atoms with Gasteiger partial charge in [-0.15, -0.1) is 0 Å². The topological polar surface area (TPSA) is 62.8 Å². The number of hydrogen-bond donors (Lipinski definition) is 2. The molecule has 6 heteroatoms. The van der Waals surface area contributed by atoms with Crippen molar-refractivity contribution in [1.29, 1.82) is 0 Å². The van der Waals surface area contributed by atoms with Crippen molar-refractivity contribution in [1.82, 2.24) is 15.5 Å². The Morgan fingerprint density at radius 1 is 1.25 bits per heavy atom. The Hall–Kier alpha value is -1.63. The summed E-state index contributed by atoms with van der Waals surface area (Å²) in [5.41, 5.74) is 1.16. The van der Waals surface area contributed by atoms with Gasteiger partial charge in [0.15, 0.2) is 0 Å². The first-order valence-electron chi connectivity index (χ1n) is 12.4. The fraction of sp³-hybridized carbons (Fsp3) is 0.692. The third-order valence-electron chi connectivity index (χ3n) is 6.58. The number of rotatable bonds is 9. The van der Waals surface area contributed by atoms with Crippen LogP contribution in [0.2, 0.25) is 0 Å². The second-order valence-corrected chi connectivity index (χ2v) is 9.50. The van der Waals surface area contributed by atoms with Crippen LogP contribution >= 0.6 is 0 Å². The van der Waals surface area contributed by atoms with E-state index in [1.54, 1.807) is 0 Å². The summed E-state index contributed by atoms with van der Waals surface area (Å²) >= 11 is 0. The number of carbonyl (C=O) groups is 1. The molecule has 32 heavy (non-hydrogen) atoms. The molecule has 0 aliphatic carbocycles. The first-order valence-corrected chi connectivity index (χ1v) is 12.4. The van der Waals surface area contributed by atoms with Crippen molar-refractivity contribution in [3.8, 4) is 0 Å². The third kappa shape index (κ3) is 7.75. The molecule has 2 heterocycles. The lowest BCUT2D eigenvalue weighted by molar-refractivity contribution is -0.0337. The molecule has 2 aliphatic heterocycles. The van der Waals surface area contributed by atoms with E-state index < -0.39 is 0 Å². The van der Waals surface area contributed by atoms with Gasteiger partial charge in [0.25, 0.3) is 0 Å². The molecule has 2 saturated heterocycles. The lowest BCUT2D eigenvalue weighted by Gasteiger charge is -2.38. The summed E-state index contributed by atoms with van der Waals surface area (Å²) in [6, 6.07) is 10.5. The number of likely N-dealkylation sites (tertiary alicyclic amines) is 1. The molecule has 2 amide bonds. The molecular formula is C26H42N3O3. The van der Waals surface area contributed by atoms with Gasteiger partial charge in [-0.2, -0.15) is 0 Å². The van der Waals surface area contributed by atoms with Gasteiger partial charge in [0.2, 0.25) is 0 Å². The Kier molecular flexibility index (Phi) is 10.3. The number of ether oxygens (including phenoxy) is 2. The molecule has 3 rings (SSSR count). The highest BCUT2D eigenvalue weighted by Gasteiger charge is 2.32. The van der Waals surface area contributed by atoms with E-state index >= 15 is 0 Å². The van der Waals surface area contributed by atoms with Crippen molar-refractivity contribution >= 4 is 6.03 Å². The third-order valence-corrected chi connectivity index (χ3v) is 6.58. The number of benzene rings is 1. The lowest BCUT2D eigenvalue weighted by Crippen LogP contribution is -2.52. The molecule has 1 aromatic carbocycles. The van der Waals surface area contributed by atoms with Gasteiger partial charge < -0.3 is 25.0 Å². The van der Waals surface area contributed by atoms with E-state index in [-0.39, 0.29) is 30.2 Å². The van der Waals surface area contributed by atoms with Crippen LogP contribution in [-0.2, 0) is 9.47 Å². The van der Waals surface area contributed by atoms with Gasteiger partial charge in [0.05, 0.1) is 12.2 Å². The van der Waals surface area contributed by atoms with Gasteiger partial charge in [0.1, 0.15) is 0 Å². The second-order valence-electron chi connectivity index (χ2n) is 9.50. The molecule has 5 atom stereocenters. The standard InChI is InChI=1S/C26H42N3O3/c1-20(2)32-25(22-11-5-4-6-12-22)23-13-9-14-29(18-23)26(30)28-24(17-27-3)16-21-10-7-8-15-31-19-21/h4-6,11-12,20-21,23-25,27H,1,7-10,13-19H2,2-3H3,(H,28,30)/t20?,21-,23-,24+,25?/m1/s1. The largest absolute Gasteiger partial charge is 0.381 e. The second kappa shape index (κ2) is 13.2. The van der Waals surface area contributed by atoms with Crippen molar-refractivity contribution < 1.29 is 14.3 Å². The Morgan fingerprint density at radius 3 is 2.81 bits per heavy atom. The minimum absolute atomic E-state index is 0.0407. The van der Waals surface area contributed by atoms with Crippen LogP contribution in [0.5, 0.6) is 0 Å². The van der Waals surface area contributed by atoms with Crippen LogP contribution in [0.4, 0.5) is 4.79 Å². The van der Waals surface area contributed by atoms with Gasteiger partial charge in [-0.1, -0.05) is 36.8 Å². The maximum Gasteiger partial charge on any atom is 0.317 e. The zero-order valence-corrected chi connectivity index (χ0v) is 19.9. The summed E-state index contributed by atoms with van der Waals surface area (Å²) in [6.45, 7) is 9.96. The van der Waals surface area contributed by atoms with Gasteiger partial charge in [0, 0.05) is 44.8 Å². The van der Waals surface area contributed by atoms with Crippen molar-refractivity contribution in [2.75, 3.05) is 39.9 Å². The number of urea groups is 1. The first kappa shape index (κ1) is 25.0. The Labute approximate surface area is 194 Å². The number of hydrogen-bond acceptors (Lipinski definition) is 4. The summed E-state index contributed by atoms with van der Waals surface area (Å²) < 4.78 is 12.0. The van der Waals surface area contributed by atoms with Crippen LogP contribution in [0, 0.1) is 18.8 Å². The summed E-state index contributed by atoms with van der Waals surface area (Å²) in [5, 5.41) is 6.56. The number of piperidine rings is 1. The average Bonchev–Trinajstić information content (AvgIpc) is 3.07. The molecule has 2 fully saturated rings. The predicted molar refractivity (Wildman–Crippen MR) is 128 cm³/mol. The zero-order valence-electron chi connectivity index (χ0n) is 19.9. The van der Waals surface area contributed by atoms with Gasteiger partial charge in [-0.3, -0.25) is 0 Å². The normalized spacial score (nSPS) is 24.1. The highest BCUT2D eigenvalue weighted by atomic mass is 16.5. The molecule has 1 aromatic rings. The molecular weight excluding hydrogens is 402 g/mol. The highest BCUT2D eigenvalue weighted by Crippen LogP contribution is 2.34. The fourth-order valence-corrected chi connectivity index (χ4v) is 5.06. The van der Waals surface area contributed by atoms with Crippen LogP contribution in [-0.4, -0.2) is 63.0 Å². The Balaban J connectivity index is 1.61. The smallest absolute Gasteiger partial charge is 0.317 e. The summed E-state index contributed by atoms with van der Waals surface area (Å²) in [4.78, 5) is 15.2. The van der Waals surface area contributed by atoms with E-state index in [1.807, 2.05) is 37.1 Å². The number of carbonyl (C=O) groups excluding carboxylic acids is 1. The number of likely N-dealkylation sites (N-methyl/N-ethyl adjacent to an activating group) is 1. The van der Waals surface area contributed by atoms with Crippen molar-refractivity contribution in [3.05, 3.63) is 42.8 Å². The van der Waals surface area contributed by atoms with Gasteiger partial charge in [-0.05, 0) is 64.5 Å². The Morgan fingerprint density at radius 2 is 2.06 bits per heavy atom. The summed E-state index contributed by atoms with van der Waals surface area (Å²) in [5.74, 6) is 0.777. The molecule has 0 aromatic heterocycles. The Bertz CT molecular complexity index is 662. The molecule has 2 aliphatic rings. The molecule has 2 N–H and O–H groups in total. The summed E-state index contributed by atoms with van der Waals surface area (Å²) in [6.07, 6.45) is 6.38. The van der Waals surface area contributed by atoms with E-state index in [4.69, 9.17) is 9.47 Å². The van der Waals surface area contributed by atoms with E-state index in [9.17, 15) is 4.79 Å². The van der Waals surface area contributed by atoms with E-state index in [1.165, 1.54) is 12.8 Å². The molecule has 179 valence electrons. The fourth-order valence-electron chi connectivity index (χ4n) is 5.06.